The number of benzene rings is 1. The summed E-state index contributed by atoms with van der Waals surface area (Å²) in [6.45, 7) is 7.90. The molecule has 0 aliphatic carbocycles. The first-order valence-corrected chi connectivity index (χ1v) is 8.37. The molecule has 0 bridgehead atoms. The Kier molecular flexibility index (Phi) is 10.8. The minimum atomic E-state index is 0. The van der Waals surface area contributed by atoms with Gasteiger partial charge in [0.25, 0.3) is 0 Å². The Balaban J connectivity index is 0.00000312. The van der Waals surface area contributed by atoms with E-state index in [2.05, 4.69) is 44.8 Å². The first-order valence-electron chi connectivity index (χ1n) is 8.37. The van der Waals surface area contributed by atoms with Crippen molar-refractivity contribution in [1.82, 2.24) is 25.4 Å². The Labute approximate surface area is 166 Å². The Bertz CT molecular complexity index is 600. The Hall–Kier alpha value is -1.68. The van der Waals surface area contributed by atoms with Crippen LogP contribution in [0.3, 0.4) is 0 Å². The molecule has 138 valence electrons. The van der Waals surface area contributed by atoms with E-state index in [1.807, 2.05) is 19.1 Å². The minimum absolute atomic E-state index is 0. The second-order valence-corrected chi connectivity index (χ2v) is 5.18. The summed E-state index contributed by atoms with van der Waals surface area (Å²) < 4.78 is 7.07. The number of aliphatic imine (C=N–C) groups is 1. The normalized spacial score (nSPS) is 11.0. The van der Waals surface area contributed by atoms with Crippen LogP contribution in [0, 0.1) is 0 Å². The molecule has 7 nitrogen and oxygen atoms in total. The summed E-state index contributed by atoms with van der Waals surface area (Å²) in [6, 6.07) is 8.14. The van der Waals surface area contributed by atoms with Crippen molar-refractivity contribution >= 4 is 29.9 Å². The molecule has 0 saturated heterocycles. The zero-order valence-corrected chi connectivity index (χ0v) is 17.1. The van der Waals surface area contributed by atoms with Gasteiger partial charge >= 0.3 is 0 Å². The number of ether oxygens (including phenoxy) is 1. The largest absolute Gasteiger partial charge is 0.382 e. The van der Waals surface area contributed by atoms with E-state index in [4.69, 9.17) is 4.74 Å². The number of nitrogens with zero attached hydrogens (tertiary/aromatic N) is 4. The zero-order valence-electron chi connectivity index (χ0n) is 14.8. The molecule has 0 atom stereocenters. The molecule has 2 aromatic rings. The molecule has 25 heavy (non-hydrogen) atoms. The molecule has 0 aliphatic heterocycles. The Morgan fingerprint density at radius 2 is 2.00 bits per heavy atom. The molecule has 1 aromatic carbocycles. The van der Waals surface area contributed by atoms with E-state index in [9.17, 15) is 0 Å². The maximum absolute atomic E-state index is 5.33. The highest BCUT2D eigenvalue weighted by Crippen LogP contribution is 2.08. The number of aromatic nitrogens is 3. The molecular weight excluding hydrogens is 431 g/mol. The molecule has 0 spiro atoms. The van der Waals surface area contributed by atoms with E-state index in [-0.39, 0.29) is 24.0 Å². The lowest BCUT2D eigenvalue weighted by atomic mass is 10.2. The number of nitrogens with one attached hydrogen (secondary N) is 2. The van der Waals surface area contributed by atoms with Crippen molar-refractivity contribution in [3.63, 3.8) is 0 Å². The van der Waals surface area contributed by atoms with Gasteiger partial charge in [-0.1, -0.05) is 12.1 Å². The first-order chi connectivity index (χ1) is 11.8. The fourth-order valence-corrected chi connectivity index (χ4v) is 2.13. The monoisotopic (exact) mass is 458 g/mol. The van der Waals surface area contributed by atoms with Crippen LogP contribution in [0.5, 0.6) is 0 Å². The molecule has 0 fully saturated rings. The second-order valence-electron chi connectivity index (χ2n) is 5.18. The van der Waals surface area contributed by atoms with Gasteiger partial charge in [-0.05, 0) is 38.0 Å². The number of halogens is 1. The molecule has 1 aromatic heterocycles. The average molecular weight is 458 g/mol. The number of hydrogen-bond acceptors (Lipinski definition) is 4. The predicted octanol–water partition coefficient (Wildman–Crippen LogP) is 2.37. The van der Waals surface area contributed by atoms with Gasteiger partial charge < -0.3 is 15.4 Å². The maximum Gasteiger partial charge on any atom is 0.191 e. The fraction of sp³-hybridized carbons (Fsp3) is 0.471. The van der Waals surface area contributed by atoms with Gasteiger partial charge in [0.15, 0.2) is 5.96 Å². The third-order valence-corrected chi connectivity index (χ3v) is 3.35. The molecular formula is C17H27IN6O. The van der Waals surface area contributed by atoms with Crippen LogP contribution in [0.25, 0.3) is 5.69 Å². The van der Waals surface area contributed by atoms with Crippen molar-refractivity contribution in [2.24, 2.45) is 4.99 Å². The van der Waals surface area contributed by atoms with E-state index >= 15 is 0 Å². The lowest BCUT2D eigenvalue weighted by molar-refractivity contribution is 0.145. The molecule has 0 unspecified atom stereocenters. The van der Waals surface area contributed by atoms with Crippen molar-refractivity contribution in [1.29, 1.82) is 0 Å². The summed E-state index contributed by atoms with van der Waals surface area (Å²) >= 11 is 0. The highest BCUT2D eigenvalue weighted by Gasteiger charge is 1.99. The molecule has 1 heterocycles. The average Bonchev–Trinajstić information content (AvgIpc) is 3.14. The van der Waals surface area contributed by atoms with Gasteiger partial charge in [0, 0.05) is 26.3 Å². The standard InChI is InChI=1S/C17H26N6O.HI/c1-3-19-17(20-10-5-11-24-4-2)21-12-15-6-8-16(9-7-15)23-14-18-13-22-23;/h6-9,13-14H,3-5,10-12H2,1-2H3,(H2,19,20,21);1H. The van der Waals surface area contributed by atoms with Crippen LogP contribution < -0.4 is 10.6 Å². The van der Waals surface area contributed by atoms with Crippen LogP contribution in [-0.4, -0.2) is 47.0 Å². The molecule has 2 rings (SSSR count). The van der Waals surface area contributed by atoms with E-state index in [0.717, 1.165) is 49.9 Å². The maximum atomic E-state index is 5.33. The van der Waals surface area contributed by atoms with Gasteiger partial charge in [0.2, 0.25) is 0 Å². The van der Waals surface area contributed by atoms with Crippen molar-refractivity contribution in [3.05, 3.63) is 42.5 Å². The lowest BCUT2D eigenvalue weighted by Gasteiger charge is -2.11. The summed E-state index contributed by atoms with van der Waals surface area (Å²) in [4.78, 5) is 8.57. The fourth-order valence-electron chi connectivity index (χ4n) is 2.13. The summed E-state index contributed by atoms with van der Waals surface area (Å²) in [5, 5.41) is 10.7. The van der Waals surface area contributed by atoms with Crippen molar-refractivity contribution in [2.45, 2.75) is 26.8 Å². The summed E-state index contributed by atoms with van der Waals surface area (Å²) in [5.74, 6) is 0.828. The summed E-state index contributed by atoms with van der Waals surface area (Å²) in [5.41, 5.74) is 2.13. The summed E-state index contributed by atoms with van der Waals surface area (Å²) in [6.07, 6.45) is 4.17. The lowest BCUT2D eigenvalue weighted by Crippen LogP contribution is -2.38. The zero-order chi connectivity index (χ0) is 17.0. The number of rotatable bonds is 9. The van der Waals surface area contributed by atoms with Crippen LogP contribution in [0.2, 0.25) is 0 Å². The molecule has 2 N–H and O–H groups in total. The highest BCUT2D eigenvalue weighted by molar-refractivity contribution is 14.0. The van der Waals surface area contributed by atoms with Crippen LogP contribution in [0.4, 0.5) is 0 Å². The van der Waals surface area contributed by atoms with Crippen LogP contribution in [0.15, 0.2) is 41.9 Å². The Morgan fingerprint density at radius 3 is 2.64 bits per heavy atom. The van der Waals surface area contributed by atoms with Crippen molar-refractivity contribution < 1.29 is 4.74 Å². The van der Waals surface area contributed by atoms with Gasteiger partial charge in [-0.2, -0.15) is 5.10 Å². The van der Waals surface area contributed by atoms with E-state index < -0.39 is 0 Å². The number of hydrogen-bond donors (Lipinski definition) is 2. The van der Waals surface area contributed by atoms with E-state index in [0.29, 0.717) is 6.54 Å². The van der Waals surface area contributed by atoms with Gasteiger partial charge in [0.05, 0.1) is 12.2 Å². The second kappa shape index (κ2) is 12.6. The van der Waals surface area contributed by atoms with Crippen molar-refractivity contribution in [2.75, 3.05) is 26.3 Å². The summed E-state index contributed by atoms with van der Waals surface area (Å²) in [7, 11) is 0. The molecule has 0 aliphatic rings. The van der Waals surface area contributed by atoms with Gasteiger partial charge in [-0.3, -0.25) is 0 Å². The third-order valence-electron chi connectivity index (χ3n) is 3.35. The topological polar surface area (TPSA) is 76.4 Å². The first kappa shape index (κ1) is 21.4. The smallest absolute Gasteiger partial charge is 0.191 e. The van der Waals surface area contributed by atoms with Gasteiger partial charge in [-0.25, -0.2) is 14.7 Å². The molecule has 0 amide bonds. The highest BCUT2D eigenvalue weighted by atomic mass is 127. The predicted molar refractivity (Wildman–Crippen MR) is 111 cm³/mol. The molecule has 0 radical (unpaired) electrons. The quantitative estimate of drug-likeness (QED) is 0.261. The SMILES string of the molecule is CCNC(=NCc1ccc(-n2cncn2)cc1)NCCCOCC.I. The van der Waals surface area contributed by atoms with Crippen LogP contribution in [0.1, 0.15) is 25.8 Å². The van der Waals surface area contributed by atoms with E-state index in [1.54, 1.807) is 11.0 Å². The van der Waals surface area contributed by atoms with E-state index in [1.165, 1.54) is 6.33 Å². The molecule has 8 heteroatoms. The Morgan fingerprint density at radius 1 is 1.20 bits per heavy atom. The van der Waals surface area contributed by atoms with Crippen LogP contribution >= 0.6 is 24.0 Å². The molecule has 0 saturated carbocycles. The van der Waals surface area contributed by atoms with Gasteiger partial charge in [0.1, 0.15) is 12.7 Å². The third kappa shape index (κ3) is 7.82. The van der Waals surface area contributed by atoms with Crippen molar-refractivity contribution in [3.8, 4) is 5.69 Å². The minimum Gasteiger partial charge on any atom is -0.382 e. The number of guanidine groups is 1. The van der Waals surface area contributed by atoms with Gasteiger partial charge in [-0.15, -0.1) is 24.0 Å². The van der Waals surface area contributed by atoms with Crippen LogP contribution in [-0.2, 0) is 11.3 Å².